The molecule has 6 heteroatoms. The molecule has 104 valence electrons. The normalized spacial score (nSPS) is 10.9. The molecule has 0 aliphatic rings. The summed E-state index contributed by atoms with van der Waals surface area (Å²) in [6, 6.07) is 7.29. The maximum absolute atomic E-state index is 13.4. The molecular formula is C14H16FN5. The van der Waals surface area contributed by atoms with Crippen LogP contribution >= 0.6 is 0 Å². The van der Waals surface area contributed by atoms with Crippen LogP contribution in [0.5, 0.6) is 0 Å². The molecule has 0 aliphatic carbocycles. The van der Waals surface area contributed by atoms with Gasteiger partial charge in [-0.05, 0) is 29.3 Å². The quantitative estimate of drug-likeness (QED) is 0.451. The molecule has 0 fully saturated rings. The van der Waals surface area contributed by atoms with E-state index in [4.69, 9.17) is 11.5 Å². The maximum Gasteiger partial charge on any atom is 0.236 e. The third-order valence-electron chi connectivity index (χ3n) is 2.95. The van der Waals surface area contributed by atoms with Gasteiger partial charge in [-0.15, -0.1) is 0 Å². The lowest BCUT2D eigenvalue weighted by Gasteiger charge is -2.09. The van der Waals surface area contributed by atoms with E-state index in [1.54, 1.807) is 13.1 Å². The van der Waals surface area contributed by atoms with Gasteiger partial charge in [0.15, 0.2) is 0 Å². The van der Waals surface area contributed by atoms with Crippen LogP contribution in [0.4, 0.5) is 15.8 Å². The van der Waals surface area contributed by atoms with E-state index in [9.17, 15) is 4.39 Å². The number of pyridine rings is 1. The zero-order valence-electron chi connectivity index (χ0n) is 11.1. The topological polar surface area (TPSA) is 89.3 Å². The zero-order valence-corrected chi connectivity index (χ0v) is 11.1. The van der Waals surface area contributed by atoms with Crippen molar-refractivity contribution in [3.8, 4) is 11.1 Å². The van der Waals surface area contributed by atoms with E-state index in [2.05, 4.69) is 15.3 Å². The first kappa shape index (κ1) is 14.0. The van der Waals surface area contributed by atoms with E-state index < -0.39 is 5.95 Å². The van der Waals surface area contributed by atoms with E-state index in [1.165, 1.54) is 12.5 Å². The van der Waals surface area contributed by atoms with Crippen molar-refractivity contribution in [2.24, 2.45) is 16.5 Å². The van der Waals surface area contributed by atoms with Crippen molar-refractivity contribution >= 4 is 17.7 Å². The number of aliphatic imine (C=N–C) groups is 1. The Bertz CT molecular complexity index is 639. The maximum atomic E-state index is 13.4. The number of hydrogen-bond acceptors (Lipinski definition) is 4. The number of aromatic nitrogens is 1. The van der Waals surface area contributed by atoms with Crippen molar-refractivity contribution in [1.29, 1.82) is 0 Å². The van der Waals surface area contributed by atoms with Gasteiger partial charge < -0.3 is 16.8 Å². The summed E-state index contributed by atoms with van der Waals surface area (Å²) in [4.78, 5) is 7.78. The standard InChI is InChI=1S/C14H16FN5/c1-18-13-5-11(7-19-14(13)15)9-2-3-12(20-8-17)10(4-9)6-16/h2-5,7-8,18H,6,16H2,1H3,(H2,17,20). The Morgan fingerprint density at radius 2 is 2.15 bits per heavy atom. The molecule has 1 aromatic carbocycles. The van der Waals surface area contributed by atoms with Gasteiger partial charge in [0.05, 0.1) is 17.7 Å². The van der Waals surface area contributed by atoms with Crippen LogP contribution in [0, 0.1) is 5.95 Å². The number of nitrogens with zero attached hydrogens (tertiary/aromatic N) is 2. The second-order valence-electron chi connectivity index (χ2n) is 4.14. The molecule has 2 rings (SSSR count). The number of halogens is 1. The molecule has 5 N–H and O–H groups in total. The van der Waals surface area contributed by atoms with Crippen LogP contribution < -0.4 is 16.8 Å². The summed E-state index contributed by atoms with van der Waals surface area (Å²) in [5.74, 6) is -0.528. The van der Waals surface area contributed by atoms with Crippen molar-refractivity contribution < 1.29 is 4.39 Å². The third-order valence-corrected chi connectivity index (χ3v) is 2.95. The monoisotopic (exact) mass is 273 g/mol. The average Bonchev–Trinajstić information content (AvgIpc) is 2.48. The first-order chi connectivity index (χ1) is 9.69. The van der Waals surface area contributed by atoms with Crippen LogP contribution in [0.25, 0.3) is 11.1 Å². The zero-order chi connectivity index (χ0) is 14.5. The summed E-state index contributed by atoms with van der Waals surface area (Å²) in [5, 5.41) is 2.76. The van der Waals surface area contributed by atoms with Gasteiger partial charge in [0.25, 0.3) is 0 Å². The Balaban J connectivity index is 2.47. The fourth-order valence-electron chi connectivity index (χ4n) is 1.92. The highest BCUT2D eigenvalue weighted by molar-refractivity contribution is 5.71. The van der Waals surface area contributed by atoms with Crippen molar-refractivity contribution in [1.82, 2.24) is 4.98 Å². The van der Waals surface area contributed by atoms with Crippen LogP contribution in [-0.4, -0.2) is 18.4 Å². The Labute approximate surface area is 116 Å². The van der Waals surface area contributed by atoms with Gasteiger partial charge in [0, 0.05) is 25.4 Å². The lowest BCUT2D eigenvalue weighted by Crippen LogP contribution is -1.99. The summed E-state index contributed by atoms with van der Waals surface area (Å²) < 4.78 is 13.4. The van der Waals surface area contributed by atoms with Crippen LogP contribution in [0.2, 0.25) is 0 Å². The third kappa shape index (κ3) is 2.75. The molecule has 0 saturated heterocycles. The van der Waals surface area contributed by atoms with Gasteiger partial charge in [-0.3, -0.25) is 0 Å². The minimum Gasteiger partial charge on any atom is -0.390 e. The van der Waals surface area contributed by atoms with Gasteiger partial charge in [-0.25, -0.2) is 9.98 Å². The Morgan fingerprint density at radius 3 is 2.80 bits per heavy atom. The molecule has 5 nitrogen and oxygen atoms in total. The van der Waals surface area contributed by atoms with Gasteiger partial charge in [-0.1, -0.05) is 6.07 Å². The molecule has 0 spiro atoms. The fourth-order valence-corrected chi connectivity index (χ4v) is 1.92. The van der Waals surface area contributed by atoms with Crippen molar-refractivity contribution in [3.63, 3.8) is 0 Å². The predicted octanol–water partition coefficient (Wildman–Crippen LogP) is 2.01. The highest BCUT2D eigenvalue weighted by atomic mass is 19.1. The van der Waals surface area contributed by atoms with Crippen molar-refractivity contribution in [3.05, 3.63) is 42.0 Å². The molecule has 0 saturated carbocycles. The van der Waals surface area contributed by atoms with Gasteiger partial charge in [-0.2, -0.15) is 4.39 Å². The number of anilines is 1. The number of hydrogen-bond donors (Lipinski definition) is 3. The van der Waals surface area contributed by atoms with Gasteiger partial charge >= 0.3 is 0 Å². The largest absolute Gasteiger partial charge is 0.390 e. The molecule has 1 heterocycles. The summed E-state index contributed by atoms with van der Waals surface area (Å²) in [6.45, 7) is 0.341. The first-order valence-corrected chi connectivity index (χ1v) is 6.10. The number of rotatable bonds is 4. The van der Waals surface area contributed by atoms with Crippen LogP contribution in [-0.2, 0) is 6.54 Å². The Morgan fingerprint density at radius 1 is 1.35 bits per heavy atom. The summed E-state index contributed by atoms with van der Waals surface area (Å²) >= 11 is 0. The van der Waals surface area contributed by atoms with Crippen LogP contribution in [0.1, 0.15) is 5.56 Å². The molecule has 0 radical (unpaired) electrons. The predicted molar refractivity (Wildman–Crippen MR) is 79.4 cm³/mol. The highest BCUT2D eigenvalue weighted by Gasteiger charge is 2.07. The fraction of sp³-hybridized carbons (Fsp3) is 0.143. The van der Waals surface area contributed by atoms with E-state index in [0.29, 0.717) is 12.2 Å². The minimum atomic E-state index is -0.528. The number of nitrogens with one attached hydrogen (secondary N) is 1. The molecule has 2 aromatic rings. The van der Waals surface area contributed by atoms with E-state index in [-0.39, 0.29) is 0 Å². The second-order valence-corrected chi connectivity index (χ2v) is 4.14. The second kappa shape index (κ2) is 6.12. The lowest BCUT2D eigenvalue weighted by atomic mass is 10.0. The molecule has 0 unspecified atom stereocenters. The van der Waals surface area contributed by atoms with Gasteiger partial charge in [0.2, 0.25) is 5.95 Å². The summed E-state index contributed by atoms with van der Waals surface area (Å²) in [7, 11) is 1.65. The van der Waals surface area contributed by atoms with Crippen LogP contribution in [0.15, 0.2) is 35.5 Å². The number of benzene rings is 1. The number of nitrogens with two attached hydrogens (primary N) is 2. The van der Waals surface area contributed by atoms with Crippen molar-refractivity contribution in [2.45, 2.75) is 6.54 Å². The summed E-state index contributed by atoms with van der Waals surface area (Å²) in [5.41, 5.74) is 14.6. The minimum absolute atomic E-state index is 0.341. The first-order valence-electron chi connectivity index (χ1n) is 6.10. The molecule has 0 amide bonds. The molecule has 20 heavy (non-hydrogen) atoms. The molecule has 0 atom stereocenters. The average molecular weight is 273 g/mol. The molecule has 1 aromatic heterocycles. The van der Waals surface area contributed by atoms with E-state index >= 15 is 0 Å². The Kier molecular flexibility index (Phi) is 4.27. The molecule has 0 aliphatic heterocycles. The lowest BCUT2D eigenvalue weighted by molar-refractivity contribution is 0.588. The molecule has 0 bridgehead atoms. The summed E-state index contributed by atoms with van der Waals surface area (Å²) in [6.07, 6.45) is 2.71. The smallest absolute Gasteiger partial charge is 0.236 e. The highest BCUT2D eigenvalue weighted by Crippen LogP contribution is 2.28. The van der Waals surface area contributed by atoms with E-state index in [0.717, 1.165) is 22.4 Å². The van der Waals surface area contributed by atoms with Crippen LogP contribution in [0.3, 0.4) is 0 Å². The SMILES string of the molecule is CNc1cc(-c2ccc(N=CN)c(CN)c2)cnc1F. The van der Waals surface area contributed by atoms with Crippen molar-refractivity contribution in [2.75, 3.05) is 12.4 Å². The van der Waals surface area contributed by atoms with Gasteiger partial charge in [0.1, 0.15) is 0 Å². The Hall–Kier alpha value is -2.47. The molecular weight excluding hydrogens is 257 g/mol. The van der Waals surface area contributed by atoms with E-state index in [1.807, 2.05) is 18.2 Å².